The van der Waals surface area contributed by atoms with Crippen LogP contribution in [0.1, 0.15) is 24.0 Å². The Labute approximate surface area is 129 Å². The first-order valence-electron chi connectivity index (χ1n) is 7.47. The lowest BCUT2D eigenvalue weighted by Crippen LogP contribution is -1.95. The maximum atomic E-state index is 11.8. The molecule has 112 valence electrons. The highest BCUT2D eigenvalue weighted by Crippen LogP contribution is 2.37. The third-order valence-corrected chi connectivity index (χ3v) is 3.96. The number of benzene rings is 2. The van der Waals surface area contributed by atoms with E-state index in [1.54, 1.807) is 18.2 Å². The van der Waals surface area contributed by atoms with Gasteiger partial charge in [-0.15, -0.1) is 0 Å². The Morgan fingerprint density at radius 3 is 2.18 bits per heavy atom. The van der Waals surface area contributed by atoms with Gasteiger partial charge in [0.1, 0.15) is 11.5 Å². The Hall–Kier alpha value is -2.55. The Morgan fingerprint density at radius 2 is 1.45 bits per heavy atom. The molecular formula is C19H18O3. The number of hydrogen-bond acceptors (Lipinski definition) is 3. The molecule has 0 saturated heterocycles. The van der Waals surface area contributed by atoms with Gasteiger partial charge in [0.05, 0.1) is 0 Å². The molecule has 0 amide bonds. The highest BCUT2D eigenvalue weighted by atomic mass is 16.3. The fraction of sp³-hybridized carbons (Fsp3) is 0.211. The molecule has 0 saturated carbocycles. The predicted octanol–water partition coefficient (Wildman–Crippen LogP) is 3.77. The zero-order chi connectivity index (χ0) is 15.5. The largest absolute Gasteiger partial charge is 0.507 e. The van der Waals surface area contributed by atoms with Crippen LogP contribution in [0.2, 0.25) is 0 Å². The van der Waals surface area contributed by atoms with Crippen molar-refractivity contribution in [2.75, 3.05) is 0 Å². The second-order valence-electron chi connectivity index (χ2n) is 5.63. The van der Waals surface area contributed by atoms with Crippen LogP contribution < -0.4 is 0 Å². The summed E-state index contributed by atoms with van der Waals surface area (Å²) >= 11 is 0. The molecule has 0 aromatic heterocycles. The summed E-state index contributed by atoms with van der Waals surface area (Å²) in [6.07, 6.45) is 6.18. The van der Waals surface area contributed by atoms with E-state index in [1.165, 1.54) is 0 Å². The standard InChI is InChI=1S/C19H18O3/c20-15-5-1-3-13-7-9-18(21)16(11-13)17-12-14(4-2-6-15)8-10-19(17)22/h1,5,7-12,21-22H,2-4,6H2/b5-1+. The normalized spacial score (nSPS) is 16.3. The molecule has 3 heteroatoms. The van der Waals surface area contributed by atoms with Gasteiger partial charge in [0.2, 0.25) is 0 Å². The first-order valence-corrected chi connectivity index (χ1v) is 7.47. The molecule has 3 rings (SSSR count). The van der Waals surface area contributed by atoms with E-state index in [-0.39, 0.29) is 17.3 Å². The van der Waals surface area contributed by atoms with Crippen LogP contribution in [0, 0.1) is 0 Å². The van der Waals surface area contributed by atoms with Crippen molar-refractivity contribution >= 4 is 5.78 Å². The maximum absolute atomic E-state index is 11.8. The summed E-state index contributed by atoms with van der Waals surface area (Å²) in [5.41, 5.74) is 3.29. The minimum absolute atomic E-state index is 0.136. The number of hydrogen-bond donors (Lipinski definition) is 2. The number of fused-ring (bicyclic) bond motifs is 5. The van der Waals surface area contributed by atoms with Gasteiger partial charge >= 0.3 is 0 Å². The van der Waals surface area contributed by atoms with Crippen LogP contribution in [0.25, 0.3) is 11.1 Å². The van der Waals surface area contributed by atoms with E-state index in [0.29, 0.717) is 24.0 Å². The number of carbonyl (C=O) groups is 1. The smallest absolute Gasteiger partial charge is 0.155 e. The summed E-state index contributed by atoms with van der Waals surface area (Å²) < 4.78 is 0. The number of rotatable bonds is 0. The van der Waals surface area contributed by atoms with E-state index in [9.17, 15) is 15.0 Å². The van der Waals surface area contributed by atoms with Crippen molar-refractivity contribution in [2.24, 2.45) is 0 Å². The molecule has 0 unspecified atom stereocenters. The SMILES string of the molecule is O=C1/C=C/Cc2ccc(O)c(c2)-c2cc(ccc2O)CCC1. The summed E-state index contributed by atoms with van der Waals surface area (Å²) in [5.74, 6) is 0.432. The van der Waals surface area contributed by atoms with E-state index in [0.717, 1.165) is 24.0 Å². The molecule has 2 aromatic carbocycles. The first-order chi connectivity index (χ1) is 10.6. The molecule has 3 nitrogen and oxygen atoms in total. The molecule has 1 aliphatic carbocycles. The molecular weight excluding hydrogens is 276 g/mol. The van der Waals surface area contributed by atoms with Crippen LogP contribution in [-0.2, 0) is 17.6 Å². The van der Waals surface area contributed by atoms with Crippen LogP contribution in [0.5, 0.6) is 11.5 Å². The van der Waals surface area contributed by atoms with E-state index in [1.807, 2.05) is 30.3 Å². The van der Waals surface area contributed by atoms with Crippen LogP contribution in [0.15, 0.2) is 48.6 Å². The third kappa shape index (κ3) is 3.03. The summed E-state index contributed by atoms with van der Waals surface area (Å²) in [6, 6.07) is 10.7. The minimum atomic E-state index is 0.136. The summed E-state index contributed by atoms with van der Waals surface area (Å²) in [4.78, 5) is 11.8. The molecule has 0 spiro atoms. The highest BCUT2D eigenvalue weighted by Gasteiger charge is 2.12. The first kappa shape index (κ1) is 14.4. The van der Waals surface area contributed by atoms with E-state index >= 15 is 0 Å². The van der Waals surface area contributed by atoms with Gasteiger partial charge in [-0.2, -0.15) is 0 Å². The molecule has 0 aliphatic heterocycles. The Kier molecular flexibility index (Phi) is 3.96. The summed E-state index contributed by atoms with van der Waals surface area (Å²) in [5, 5.41) is 20.3. The topological polar surface area (TPSA) is 57.5 Å². The van der Waals surface area contributed by atoms with Crippen LogP contribution in [0.4, 0.5) is 0 Å². The molecule has 0 atom stereocenters. The zero-order valence-corrected chi connectivity index (χ0v) is 12.2. The molecule has 0 heterocycles. The number of phenols is 2. The minimum Gasteiger partial charge on any atom is -0.507 e. The van der Waals surface area contributed by atoms with Gasteiger partial charge in [-0.05, 0) is 60.7 Å². The number of allylic oxidation sites excluding steroid dienone is 2. The van der Waals surface area contributed by atoms with Crippen molar-refractivity contribution in [3.8, 4) is 22.6 Å². The molecule has 2 N–H and O–H groups in total. The number of phenolic OH excluding ortho intramolecular Hbond substituents is 2. The van der Waals surface area contributed by atoms with Crippen LogP contribution in [0.3, 0.4) is 0 Å². The molecule has 0 fully saturated rings. The Balaban J connectivity index is 2.13. The predicted molar refractivity (Wildman–Crippen MR) is 86.0 cm³/mol. The second-order valence-corrected chi connectivity index (χ2v) is 5.63. The van der Waals surface area contributed by atoms with Gasteiger partial charge in [-0.3, -0.25) is 4.79 Å². The summed E-state index contributed by atoms with van der Waals surface area (Å²) in [7, 11) is 0. The van der Waals surface area contributed by atoms with Crippen molar-refractivity contribution in [3.05, 3.63) is 59.7 Å². The monoisotopic (exact) mass is 294 g/mol. The Bertz CT molecular complexity index is 744. The third-order valence-electron chi connectivity index (χ3n) is 3.96. The van der Waals surface area contributed by atoms with Gasteiger partial charge < -0.3 is 10.2 Å². The van der Waals surface area contributed by atoms with Crippen LogP contribution >= 0.6 is 0 Å². The molecule has 2 aromatic rings. The van der Waals surface area contributed by atoms with Gasteiger partial charge in [0.15, 0.2) is 5.78 Å². The van der Waals surface area contributed by atoms with Gasteiger partial charge in [0.25, 0.3) is 0 Å². The molecule has 4 bridgehead atoms. The number of aromatic hydroxyl groups is 2. The lowest BCUT2D eigenvalue weighted by atomic mass is 9.97. The Morgan fingerprint density at radius 1 is 0.818 bits per heavy atom. The van der Waals surface area contributed by atoms with E-state index in [2.05, 4.69) is 0 Å². The maximum Gasteiger partial charge on any atom is 0.155 e. The van der Waals surface area contributed by atoms with Gasteiger partial charge in [0, 0.05) is 17.5 Å². The number of aryl methyl sites for hydroxylation is 1. The average molecular weight is 294 g/mol. The van der Waals surface area contributed by atoms with Gasteiger partial charge in [-0.1, -0.05) is 18.2 Å². The lowest BCUT2D eigenvalue weighted by molar-refractivity contribution is -0.114. The fourth-order valence-corrected chi connectivity index (χ4v) is 2.76. The van der Waals surface area contributed by atoms with Crippen molar-refractivity contribution in [1.82, 2.24) is 0 Å². The number of carbonyl (C=O) groups excluding carboxylic acids is 1. The average Bonchev–Trinajstić information content (AvgIpc) is 2.51. The lowest BCUT2D eigenvalue weighted by Gasteiger charge is -2.11. The molecule has 1 aliphatic rings. The van der Waals surface area contributed by atoms with E-state index in [4.69, 9.17) is 0 Å². The molecule has 0 radical (unpaired) electrons. The molecule has 22 heavy (non-hydrogen) atoms. The quantitative estimate of drug-likeness (QED) is 0.777. The van der Waals surface area contributed by atoms with Crippen molar-refractivity contribution < 1.29 is 15.0 Å². The van der Waals surface area contributed by atoms with Gasteiger partial charge in [-0.25, -0.2) is 0 Å². The number of ketones is 1. The van der Waals surface area contributed by atoms with Crippen LogP contribution in [-0.4, -0.2) is 16.0 Å². The zero-order valence-electron chi connectivity index (χ0n) is 12.2. The second kappa shape index (κ2) is 6.06. The van der Waals surface area contributed by atoms with E-state index < -0.39 is 0 Å². The van der Waals surface area contributed by atoms with Crippen molar-refractivity contribution in [1.29, 1.82) is 0 Å². The highest BCUT2D eigenvalue weighted by molar-refractivity contribution is 5.89. The summed E-state index contributed by atoms with van der Waals surface area (Å²) in [6.45, 7) is 0. The van der Waals surface area contributed by atoms with Crippen molar-refractivity contribution in [3.63, 3.8) is 0 Å². The fourth-order valence-electron chi connectivity index (χ4n) is 2.76. The van der Waals surface area contributed by atoms with Crippen molar-refractivity contribution in [2.45, 2.75) is 25.7 Å².